The Morgan fingerprint density at radius 1 is 1.10 bits per heavy atom. The molecule has 200 valence electrons. The molecule has 0 aliphatic carbocycles. The molecule has 0 radical (unpaired) electrons. The number of carbonyl (C=O) groups excluding carboxylic acids is 2. The van der Waals surface area contributed by atoms with Crippen LogP contribution in [0.5, 0.6) is 17.2 Å². The van der Waals surface area contributed by atoms with E-state index in [-0.39, 0.29) is 11.7 Å². The van der Waals surface area contributed by atoms with E-state index in [1.54, 1.807) is 30.6 Å². The molecule has 2 aromatic carbocycles. The average Bonchev–Trinajstić information content (AvgIpc) is 3.37. The second kappa shape index (κ2) is 13.2. The van der Waals surface area contributed by atoms with Gasteiger partial charge in [-0.15, -0.1) is 10.2 Å². The number of hydrogen-bond acceptors (Lipinski definition) is 10. The number of esters is 1. The highest BCUT2D eigenvalue weighted by Crippen LogP contribution is 2.29. The fraction of sp³-hybridized carbons (Fsp3) is 0.185. The third-order valence-corrected chi connectivity index (χ3v) is 6.06. The molecule has 1 N–H and O–H groups in total. The van der Waals surface area contributed by atoms with Crippen molar-refractivity contribution in [3.8, 4) is 34.3 Å². The first-order valence-electron chi connectivity index (χ1n) is 11.9. The normalized spacial score (nSPS) is 10.8. The molecule has 4 rings (SSSR count). The summed E-state index contributed by atoms with van der Waals surface area (Å²) in [6.45, 7) is 3.80. The molecule has 39 heavy (non-hydrogen) atoms. The molecule has 0 fully saturated rings. The van der Waals surface area contributed by atoms with E-state index < -0.39 is 5.97 Å². The van der Waals surface area contributed by atoms with Crippen molar-refractivity contribution in [1.29, 1.82) is 0 Å². The number of hydrazone groups is 1. The van der Waals surface area contributed by atoms with Crippen molar-refractivity contribution < 1.29 is 23.8 Å². The summed E-state index contributed by atoms with van der Waals surface area (Å²) in [5, 5.41) is 13.2. The molecule has 1 amide bonds. The van der Waals surface area contributed by atoms with Gasteiger partial charge in [-0.05, 0) is 67.1 Å². The molecule has 12 heteroatoms. The number of rotatable bonds is 11. The third kappa shape index (κ3) is 7.20. The number of ether oxygens (including phenoxy) is 3. The van der Waals surface area contributed by atoms with Gasteiger partial charge in [0.05, 0.1) is 25.7 Å². The molecule has 4 aromatic rings. The number of hydrogen-bond donors (Lipinski definition) is 1. The largest absolute Gasteiger partial charge is 0.494 e. The van der Waals surface area contributed by atoms with Crippen molar-refractivity contribution >= 4 is 29.9 Å². The van der Waals surface area contributed by atoms with E-state index in [1.807, 2.05) is 47.9 Å². The van der Waals surface area contributed by atoms with Gasteiger partial charge in [-0.1, -0.05) is 11.8 Å². The van der Waals surface area contributed by atoms with Crippen LogP contribution in [0.2, 0.25) is 0 Å². The molecule has 0 bridgehead atoms. The highest BCUT2D eigenvalue weighted by Gasteiger charge is 2.17. The predicted molar refractivity (Wildman–Crippen MR) is 147 cm³/mol. The van der Waals surface area contributed by atoms with Gasteiger partial charge in [0.15, 0.2) is 22.5 Å². The number of nitrogens with one attached hydrogen (secondary N) is 1. The Hall–Kier alpha value is -4.71. The number of carbonyl (C=O) groups is 2. The van der Waals surface area contributed by atoms with E-state index >= 15 is 0 Å². The van der Waals surface area contributed by atoms with Crippen molar-refractivity contribution in [2.24, 2.45) is 5.10 Å². The minimum atomic E-state index is -0.453. The van der Waals surface area contributed by atoms with Gasteiger partial charge in [0.2, 0.25) is 0 Å². The lowest BCUT2D eigenvalue weighted by Crippen LogP contribution is -2.20. The summed E-state index contributed by atoms with van der Waals surface area (Å²) < 4.78 is 17.8. The highest BCUT2D eigenvalue weighted by atomic mass is 32.2. The molecular weight excluding hydrogens is 520 g/mol. The maximum Gasteiger partial charge on any atom is 0.308 e. The van der Waals surface area contributed by atoms with Crippen molar-refractivity contribution in [3.05, 3.63) is 72.6 Å². The Bertz CT molecular complexity index is 1460. The highest BCUT2D eigenvalue weighted by molar-refractivity contribution is 7.99. The van der Waals surface area contributed by atoms with Crippen molar-refractivity contribution in [1.82, 2.24) is 25.2 Å². The smallest absolute Gasteiger partial charge is 0.308 e. The fourth-order valence-electron chi connectivity index (χ4n) is 3.48. The maximum absolute atomic E-state index is 12.5. The lowest BCUT2D eigenvalue weighted by Gasteiger charge is -2.11. The Labute approximate surface area is 229 Å². The minimum absolute atomic E-state index is 0.0499. The molecule has 0 spiro atoms. The van der Waals surface area contributed by atoms with E-state index in [2.05, 4.69) is 25.7 Å². The first-order valence-corrected chi connectivity index (χ1v) is 12.9. The van der Waals surface area contributed by atoms with Crippen LogP contribution in [0, 0.1) is 0 Å². The summed E-state index contributed by atoms with van der Waals surface area (Å²) in [5.74, 6) is 1.28. The van der Waals surface area contributed by atoms with Crippen LogP contribution in [0.15, 0.2) is 77.2 Å². The fourth-order valence-corrected chi connectivity index (χ4v) is 4.23. The Kier molecular flexibility index (Phi) is 9.25. The summed E-state index contributed by atoms with van der Waals surface area (Å²) in [6.07, 6.45) is 4.86. The molecular formula is C27H26N6O5S. The lowest BCUT2D eigenvalue weighted by atomic mass is 10.2. The standard InChI is InChI=1S/C27H26N6O5S/c1-4-37-22-10-8-21(9-11-22)33-26(20-6-5-13-28-16-20)31-32-27(33)39-17-25(35)30-29-15-19-7-12-23(38-18(2)34)24(14-19)36-3/h5-16H,4,17H2,1-3H3,(H,30,35)/b29-15+. The van der Waals surface area contributed by atoms with E-state index in [9.17, 15) is 9.59 Å². The minimum Gasteiger partial charge on any atom is -0.494 e. The van der Waals surface area contributed by atoms with Crippen LogP contribution >= 0.6 is 11.8 Å². The third-order valence-electron chi connectivity index (χ3n) is 5.14. The van der Waals surface area contributed by atoms with Crippen LogP contribution in [-0.4, -0.2) is 57.3 Å². The van der Waals surface area contributed by atoms with Gasteiger partial charge in [0.25, 0.3) is 5.91 Å². The van der Waals surface area contributed by atoms with Crippen LogP contribution in [0.3, 0.4) is 0 Å². The van der Waals surface area contributed by atoms with Gasteiger partial charge in [0.1, 0.15) is 5.75 Å². The van der Waals surface area contributed by atoms with Crippen molar-refractivity contribution in [3.63, 3.8) is 0 Å². The van der Waals surface area contributed by atoms with Crippen molar-refractivity contribution in [2.75, 3.05) is 19.5 Å². The second-order valence-electron chi connectivity index (χ2n) is 7.90. The Balaban J connectivity index is 1.46. The van der Waals surface area contributed by atoms with Crippen LogP contribution in [0.25, 0.3) is 17.1 Å². The Morgan fingerprint density at radius 3 is 2.62 bits per heavy atom. The topological polar surface area (TPSA) is 130 Å². The van der Waals surface area contributed by atoms with Gasteiger partial charge >= 0.3 is 5.97 Å². The van der Waals surface area contributed by atoms with E-state index in [1.165, 1.54) is 32.0 Å². The van der Waals surface area contributed by atoms with E-state index in [4.69, 9.17) is 14.2 Å². The molecule has 11 nitrogen and oxygen atoms in total. The van der Waals surface area contributed by atoms with Gasteiger partial charge in [0, 0.05) is 30.6 Å². The summed E-state index contributed by atoms with van der Waals surface area (Å²) in [5.41, 5.74) is 4.75. The number of methoxy groups -OCH3 is 1. The molecule has 0 saturated heterocycles. The molecule has 0 atom stereocenters. The van der Waals surface area contributed by atoms with Crippen LogP contribution in [0.1, 0.15) is 19.4 Å². The van der Waals surface area contributed by atoms with Crippen LogP contribution < -0.4 is 19.6 Å². The van der Waals surface area contributed by atoms with Gasteiger partial charge in [-0.25, -0.2) is 5.43 Å². The predicted octanol–water partition coefficient (Wildman–Crippen LogP) is 3.90. The number of thioether (sulfide) groups is 1. The van der Waals surface area contributed by atoms with E-state index in [0.29, 0.717) is 34.7 Å². The van der Waals surface area contributed by atoms with Gasteiger partial charge in [-0.3, -0.25) is 19.1 Å². The van der Waals surface area contributed by atoms with Gasteiger partial charge < -0.3 is 14.2 Å². The molecule has 2 aromatic heterocycles. The zero-order valence-electron chi connectivity index (χ0n) is 21.5. The van der Waals surface area contributed by atoms with Crippen LogP contribution in [0.4, 0.5) is 0 Å². The number of benzene rings is 2. The lowest BCUT2D eigenvalue weighted by molar-refractivity contribution is -0.132. The van der Waals surface area contributed by atoms with Crippen molar-refractivity contribution in [2.45, 2.75) is 19.0 Å². The quantitative estimate of drug-likeness (QED) is 0.0978. The van der Waals surface area contributed by atoms with Gasteiger partial charge in [-0.2, -0.15) is 5.10 Å². The maximum atomic E-state index is 12.5. The summed E-state index contributed by atoms with van der Waals surface area (Å²) in [7, 11) is 1.47. The molecule has 0 aliphatic heterocycles. The van der Waals surface area contributed by atoms with Crippen LogP contribution in [-0.2, 0) is 9.59 Å². The first kappa shape index (κ1) is 27.3. The SMILES string of the molecule is CCOc1ccc(-n2c(SCC(=O)N/N=C/c3ccc(OC(C)=O)c(OC)c3)nnc2-c2cccnc2)cc1. The Morgan fingerprint density at radius 2 is 1.92 bits per heavy atom. The molecule has 0 aliphatic rings. The average molecular weight is 547 g/mol. The monoisotopic (exact) mass is 546 g/mol. The molecule has 0 unspecified atom stereocenters. The summed E-state index contributed by atoms with van der Waals surface area (Å²) in [6, 6.07) is 16.2. The zero-order chi connectivity index (χ0) is 27.6. The first-order chi connectivity index (χ1) is 19.0. The molecule has 0 saturated carbocycles. The number of amides is 1. The molecule has 2 heterocycles. The second-order valence-corrected chi connectivity index (χ2v) is 8.84. The summed E-state index contributed by atoms with van der Waals surface area (Å²) in [4.78, 5) is 27.9. The number of aromatic nitrogens is 4. The van der Waals surface area contributed by atoms with E-state index in [0.717, 1.165) is 17.0 Å². The summed E-state index contributed by atoms with van der Waals surface area (Å²) >= 11 is 1.22. The zero-order valence-corrected chi connectivity index (χ0v) is 22.3. The number of nitrogens with zero attached hydrogens (tertiary/aromatic N) is 5. The number of pyridine rings is 1.